The predicted octanol–water partition coefficient (Wildman–Crippen LogP) is 3.81. The van der Waals surface area contributed by atoms with Crippen LogP contribution in [0.4, 0.5) is 32.0 Å². The number of hydrogen-bond donors (Lipinski definition) is 1. The van der Waals surface area contributed by atoms with Crippen molar-refractivity contribution >= 4 is 21.6 Å². The van der Waals surface area contributed by atoms with E-state index in [-0.39, 0.29) is 37.0 Å². The van der Waals surface area contributed by atoms with E-state index in [9.17, 15) is 39.6 Å². The van der Waals surface area contributed by atoms with Crippen molar-refractivity contribution in [1.82, 2.24) is 13.9 Å². The average Bonchev–Trinajstić information content (AvgIpc) is 3.06. The summed E-state index contributed by atoms with van der Waals surface area (Å²) in [5, 5.41) is 1.97. The van der Waals surface area contributed by atoms with Crippen LogP contribution in [0.15, 0.2) is 29.4 Å². The van der Waals surface area contributed by atoms with E-state index >= 15 is 0 Å². The highest BCUT2D eigenvalue weighted by molar-refractivity contribution is 7.89. The molecule has 7 nitrogen and oxygen atoms in total. The zero-order chi connectivity index (χ0) is 24.8. The number of sulfonamides is 1. The van der Waals surface area contributed by atoms with Gasteiger partial charge in [0.1, 0.15) is 5.82 Å². The zero-order valence-electron chi connectivity index (χ0n) is 17.5. The van der Waals surface area contributed by atoms with Gasteiger partial charge in [0.2, 0.25) is 5.91 Å². The first-order chi connectivity index (χ1) is 15.1. The van der Waals surface area contributed by atoms with E-state index in [4.69, 9.17) is 0 Å². The molecule has 1 aliphatic heterocycles. The number of carbonyl (C=O) groups excluding carboxylic acids is 1. The maximum atomic E-state index is 13.0. The molecule has 0 aliphatic carbocycles. The Morgan fingerprint density at radius 2 is 1.55 bits per heavy atom. The van der Waals surface area contributed by atoms with Crippen molar-refractivity contribution < 1.29 is 39.6 Å². The van der Waals surface area contributed by atoms with E-state index in [0.29, 0.717) is 18.0 Å². The first kappa shape index (κ1) is 25.0. The summed E-state index contributed by atoms with van der Waals surface area (Å²) < 4.78 is 106. The highest BCUT2D eigenvalue weighted by Gasteiger charge is 2.38. The molecule has 1 aliphatic rings. The molecule has 182 valence electrons. The number of alkyl halides is 6. The van der Waals surface area contributed by atoms with Crippen molar-refractivity contribution in [1.29, 1.82) is 0 Å². The Morgan fingerprint density at radius 3 is 1.97 bits per heavy atom. The maximum Gasteiger partial charge on any atom is 0.416 e. The maximum absolute atomic E-state index is 13.0. The summed E-state index contributed by atoms with van der Waals surface area (Å²) in [6, 6.07) is 0.824. The van der Waals surface area contributed by atoms with Crippen molar-refractivity contribution in [3.05, 3.63) is 41.3 Å². The highest BCUT2D eigenvalue weighted by atomic mass is 32.2. The normalized spacial score (nSPS) is 16.7. The number of hydrogen-bond acceptors (Lipinski definition) is 4. The molecule has 1 saturated heterocycles. The summed E-state index contributed by atoms with van der Waals surface area (Å²) in [6.45, 7) is 1.53. The lowest BCUT2D eigenvalue weighted by Gasteiger charge is -2.30. The highest BCUT2D eigenvalue weighted by Crippen LogP contribution is 2.37. The zero-order valence-corrected chi connectivity index (χ0v) is 18.3. The van der Waals surface area contributed by atoms with Crippen molar-refractivity contribution in [3.8, 4) is 0 Å². The summed E-state index contributed by atoms with van der Waals surface area (Å²) >= 11 is 0. The molecule has 1 aromatic heterocycles. The monoisotopic (exact) mass is 498 g/mol. The van der Waals surface area contributed by atoms with Crippen molar-refractivity contribution in [2.75, 3.05) is 18.4 Å². The van der Waals surface area contributed by atoms with E-state index < -0.39 is 51.0 Å². The molecule has 1 aromatic carbocycles. The summed E-state index contributed by atoms with van der Waals surface area (Å²) in [5.74, 6) is -1.08. The van der Waals surface area contributed by atoms with Crippen LogP contribution in [0.25, 0.3) is 0 Å². The molecule has 0 saturated carbocycles. The fourth-order valence-electron chi connectivity index (χ4n) is 3.41. The number of amides is 1. The standard InChI is InChI=1S/C19H20F6N4O3S/c1-11-26-16(10-28(11)2)33(31,32)29-5-3-12(4-6-29)17(30)27-15-8-13(18(20,21)22)7-14(9-15)19(23,24)25/h7-10,12H,3-6H2,1-2H3,(H,27,30). The molecule has 0 spiro atoms. The molecule has 0 radical (unpaired) electrons. The van der Waals surface area contributed by atoms with Gasteiger partial charge in [0.15, 0.2) is 5.03 Å². The van der Waals surface area contributed by atoms with Gasteiger partial charge >= 0.3 is 12.4 Å². The van der Waals surface area contributed by atoms with E-state index in [1.165, 1.54) is 10.8 Å². The minimum absolute atomic E-state index is 0.0294. The van der Waals surface area contributed by atoms with E-state index in [1.807, 2.05) is 0 Å². The van der Waals surface area contributed by atoms with Crippen LogP contribution in [-0.2, 0) is 34.2 Å². The number of aromatic nitrogens is 2. The van der Waals surface area contributed by atoms with E-state index in [2.05, 4.69) is 10.3 Å². The van der Waals surface area contributed by atoms with Gasteiger partial charge in [-0.2, -0.15) is 30.6 Å². The lowest BCUT2D eigenvalue weighted by Crippen LogP contribution is -2.41. The average molecular weight is 498 g/mol. The SMILES string of the molecule is Cc1nc(S(=O)(=O)N2CCC(C(=O)Nc3cc(C(F)(F)F)cc(C(F)(F)F)c3)CC2)cn1C. The largest absolute Gasteiger partial charge is 0.416 e. The molecule has 14 heteroatoms. The minimum atomic E-state index is -5.04. The predicted molar refractivity (Wildman–Crippen MR) is 105 cm³/mol. The van der Waals surface area contributed by atoms with Crippen molar-refractivity contribution in [2.24, 2.45) is 13.0 Å². The van der Waals surface area contributed by atoms with Crippen LogP contribution in [0.5, 0.6) is 0 Å². The Labute approximate surface area is 185 Å². The van der Waals surface area contributed by atoms with Crippen LogP contribution < -0.4 is 5.32 Å². The van der Waals surface area contributed by atoms with Gasteiger partial charge < -0.3 is 9.88 Å². The third-order valence-electron chi connectivity index (χ3n) is 5.37. The second-order valence-electron chi connectivity index (χ2n) is 7.70. The fourth-order valence-corrected chi connectivity index (χ4v) is 4.91. The lowest BCUT2D eigenvalue weighted by atomic mass is 9.97. The number of halogens is 6. The third kappa shape index (κ3) is 5.49. The van der Waals surface area contributed by atoms with Gasteiger partial charge in [-0.25, -0.2) is 13.4 Å². The summed E-state index contributed by atoms with van der Waals surface area (Å²) in [7, 11) is -2.26. The van der Waals surface area contributed by atoms with E-state index in [0.717, 1.165) is 4.31 Å². The quantitative estimate of drug-likeness (QED) is 0.650. The van der Waals surface area contributed by atoms with Gasteiger partial charge in [0.05, 0.1) is 11.1 Å². The number of benzene rings is 1. The molecule has 0 bridgehead atoms. The fraction of sp³-hybridized carbons (Fsp3) is 0.474. The second kappa shape index (κ2) is 8.63. The van der Waals surface area contributed by atoms with Crippen LogP contribution >= 0.6 is 0 Å². The number of anilines is 1. The minimum Gasteiger partial charge on any atom is -0.337 e. The van der Waals surface area contributed by atoms with Gasteiger partial charge in [0, 0.05) is 37.9 Å². The summed E-state index contributed by atoms with van der Waals surface area (Å²) in [4.78, 5) is 16.5. The summed E-state index contributed by atoms with van der Waals surface area (Å²) in [5.41, 5.74) is -3.72. The second-order valence-corrected chi connectivity index (χ2v) is 9.58. The van der Waals surface area contributed by atoms with Gasteiger partial charge in [-0.15, -0.1) is 0 Å². The number of imidazole rings is 1. The molecular formula is C19H20F6N4O3S. The molecule has 0 atom stereocenters. The molecule has 33 heavy (non-hydrogen) atoms. The number of nitrogens with zero attached hydrogens (tertiary/aromatic N) is 3. The molecule has 1 amide bonds. The first-order valence-corrected chi connectivity index (χ1v) is 11.1. The molecule has 1 N–H and O–H groups in total. The number of nitrogens with one attached hydrogen (secondary N) is 1. The molecule has 1 fully saturated rings. The van der Waals surface area contributed by atoms with E-state index in [1.54, 1.807) is 14.0 Å². The Bertz CT molecular complexity index is 1100. The third-order valence-corrected chi connectivity index (χ3v) is 7.14. The Morgan fingerprint density at radius 1 is 1.03 bits per heavy atom. The van der Waals surface area contributed by atoms with Crippen LogP contribution in [0.2, 0.25) is 0 Å². The Hall–Kier alpha value is -2.61. The lowest BCUT2D eigenvalue weighted by molar-refractivity contribution is -0.143. The number of aryl methyl sites for hydroxylation is 2. The molecule has 0 unspecified atom stereocenters. The van der Waals surface area contributed by atoms with Crippen LogP contribution in [-0.4, -0.2) is 41.3 Å². The topological polar surface area (TPSA) is 84.3 Å². The van der Waals surface area contributed by atoms with Gasteiger partial charge in [0.25, 0.3) is 10.0 Å². The molecular weight excluding hydrogens is 478 g/mol. The van der Waals surface area contributed by atoms with Gasteiger partial charge in [-0.05, 0) is 38.0 Å². The van der Waals surface area contributed by atoms with Gasteiger partial charge in [-0.3, -0.25) is 4.79 Å². The number of piperidine rings is 1. The molecule has 2 heterocycles. The number of carbonyl (C=O) groups is 1. The smallest absolute Gasteiger partial charge is 0.337 e. The van der Waals surface area contributed by atoms with Crippen molar-refractivity contribution in [3.63, 3.8) is 0 Å². The van der Waals surface area contributed by atoms with Crippen LogP contribution in [0, 0.1) is 12.8 Å². The number of rotatable bonds is 4. The Balaban J connectivity index is 1.72. The van der Waals surface area contributed by atoms with Crippen LogP contribution in [0.3, 0.4) is 0 Å². The first-order valence-electron chi connectivity index (χ1n) is 9.69. The summed E-state index contributed by atoms with van der Waals surface area (Å²) in [6.07, 6.45) is -8.63. The molecule has 3 rings (SSSR count). The van der Waals surface area contributed by atoms with Crippen molar-refractivity contribution in [2.45, 2.75) is 37.1 Å². The molecule has 2 aromatic rings. The van der Waals surface area contributed by atoms with Crippen LogP contribution in [0.1, 0.15) is 29.8 Å². The Kier molecular flexibility index (Phi) is 6.54. The van der Waals surface area contributed by atoms with Gasteiger partial charge in [-0.1, -0.05) is 0 Å².